The Morgan fingerprint density at radius 2 is 2.11 bits per heavy atom. The molecule has 1 saturated carbocycles. The van der Waals surface area contributed by atoms with Crippen LogP contribution in [0, 0.1) is 6.92 Å². The van der Waals surface area contributed by atoms with Gasteiger partial charge in [-0.25, -0.2) is 0 Å². The first-order chi connectivity index (χ1) is 8.15. The van der Waals surface area contributed by atoms with E-state index in [-0.39, 0.29) is 51.3 Å². The van der Waals surface area contributed by atoms with Gasteiger partial charge in [-0.1, -0.05) is 26.4 Å². The van der Waals surface area contributed by atoms with Crippen molar-refractivity contribution in [3.05, 3.63) is 6.92 Å². The topological polar surface area (TPSA) is 81.8 Å². The average Bonchev–Trinajstić information content (AvgIpc) is 2.33. The molecule has 1 aliphatic carbocycles. The van der Waals surface area contributed by atoms with Crippen LogP contribution in [0.4, 0.5) is 0 Å². The van der Waals surface area contributed by atoms with Crippen LogP contribution in [-0.2, 0) is 47.0 Å². The van der Waals surface area contributed by atoms with Gasteiger partial charge >= 0.3 is 0 Å². The molecule has 1 radical (unpaired) electrons. The number of carbonyl (C=O) groups is 1. The van der Waals surface area contributed by atoms with Crippen molar-refractivity contribution < 1.29 is 52.1 Å². The summed E-state index contributed by atoms with van der Waals surface area (Å²) < 4.78 is 9.42. The zero-order valence-electron chi connectivity index (χ0n) is 11.1. The van der Waals surface area contributed by atoms with E-state index in [4.69, 9.17) is 15.6 Å². The molecule has 0 aliphatic heterocycles. The van der Waals surface area contributed by atoms with E-state index in [1.54, 1.807) is 6.92 Å². The normalized spacial score (nSPS) is 24.0. The Labute approximate surface area is 135 Å². The molecule has 0 amide bonds. The minimum absolute atomic E-state index is 0. The number of carbonyl (C=O) groups excluding carboxylic acids is 1. The Morgan fingerprint density at radius 1 is 1.50 bits per heavy atom. The standard InChI is InChI=1S/C8H16NO.C4H8O3.Y/c1-2-10-8-6-4-3-5-7(8)9;1-2-4(6)7-3-5;/h7-8H,1-6,9H2;3-4,6H,2H2,1H3;/q-1;;/t7-,8-;4-;/m10./s1. The van der Waals surface area contributed by atoms with Crippen LogP contribution in [0.15, 0.2) is 0 Å². The summed E-state index contributed by atoms with van der Waals surface area (Å²) in [4.78, 5) is 9.39. The van der Waals surface area contributed by atoms with E-state index in [0.717, 1.165) is 12.8 Å². The molecule has 0 bridgehead atoms. The van der Waals surface area contributed by atoms with Crippen molar-refractivity contribution in [2.45, 2.75) is 57.5 Å². The van der Waals surface area contributed by atoms with E-state index in [9.17, 15) is 4.79 Å². The smallest absolute Gasteiger partial charge is 0.295 e. The Hall–Kier alpha value is 0.454. The van der Waals surface area contributed by atoms with Crippen molar-refractivity contribution in [2.24, 2.45) is 5.73 Å². The zero-order chi connectivity index (χ0) is 13.1. The molecule has 1 rings (SSSR count). The predicted molar refractivity (Wildman–Crippen MR) is 65.0 cm³/mol. The van der Waals surface area contributed by atoms with Crippen molar-refractivity contribution in [3.8, 4) is 0 Å². The number of rotatable bonds is 5. The van der Waals surface area contributed by atoms with Gasteiger partial charge in [0.05, 0.1) is 6.10 Å². The van der Waals surface area contributed by atoms with Gasteiger partial charge in [-0.05, 0) is 12.8 Å². The van der Waals surface area contributed by atoms with Gasteiger partial charge in [0.25, 0.3) is 6.47 Å². The first-order valence-corrected chi connectivity index (χ1v) is 6.09. The number of hydrogen-bond acceptors (Lipinski definition) is 5. The SMILES string of the molecule is CC[C@@H](O)OC=O.[CH2-]CO[C@@H]1CCCC[C@H]1N.[Y]. The summed E-state index contributed by atoms with van der Waals surface area (Å²) in [5, 5.41) is 8.40. The molecule has 0 aromatic rings. The second-order valence-corrected chi connectivity index (χ2v) is 3.95. The third kappa shape index (κ3) is 10.4. The van der Waals surface area contributed by atoms with Crippen LogP contribution in [0.5, 0.6) is 0 Å². The largest absolute Gasteiger partial charge is 0.438 e. The van der Waals surface area contributed by atoms with E-state index >= 15 is 0 Å². The summed E-state index contributed by atoms with van der Waals surface area (Å²) in [5.74, 6) is 0. The van der Waals surface area contributed by atoms with Gasteiger partial charge < -0.3 is 27.2 Å². The van der Waals surface area contributed by atoms with Gasteiger partial charge in [-0.2, -0.15) is 0 Å². The van der Waals surface area contributed by atoms with Gasteiger partial charge in [0.15, 0.2) is 6.29 Å². The van der Waals surface area contributed by atoms with Crippen molar-refractivity contribution >= 4 is 6.47 Å². The Morgan fingerprint density at radius 3 is 2.50 bits per heavy atom. The van der Waals surface area contributed by atoms with E-state index < -0.39 is 6.29 Å². The molecule has 6 heteroatoms. The Balaban J connectivity index is 0. The fourth-order valence-electron chi connectivity index (χ4n) is 1.64. The van der Waals surface area contributed by atoms with Gasteiger partial charge in [0.2, 0.25) is 0 Å². The molecule has 0 saturated heterocycles. The number of aliphatic hydroxyl groups excluding tert-OH is 1. The van der Waals surface area contributed by atoms with Crippen LogP contribution < -0.4 is 5.73 Å². The second kappa shape index (κ2) is 13.9. The van der Waals surface area contributed by atoms with E-state index in [1.165, 1.54) is 12.8 Å². The van der Waals surface area contributed by atoms with E-state index in [0.29, 0.717) is 13.0 Å². The summed E-state index contributed by atoms with van der Waals surface area (Å²) in [7, 11) is 0. The molecule has 0 spiro atoms. The van der Waals surface area contributed by atoms with Crippen LogP contribution in [0.25, 0.3) is 0 Å². The molecule has 3 atom stereocenters. The van der Waals surface area contributed by atoms with Crippen LogP contribution in [-0.4, -0.2) is 36.6 Å². The van der Waals surface area contributed by atoms with Gasteiger partial charge in [0, 0.05) is 45.2 Å². The molecule has 105 valence electrons. The zero-order valence-corrected chi connectivity index (χ0v) is 13.9. The summed E-state index contributed by atoms with van der Waals surface area (Å²) in [6.07, 6.45) is 4.57. The quantitative estimate of drug-likeness (QED) is 0.445. The first kappa shape index (κ1) is 20.8. The van der Waals surface area contributed by atoms with Crippen molar-refractivity contribution in [2.75, 3.05) is 6.61 Å². The van der Waals surface area contributed by atoms with Crippen LogP contribution >= 0.6 is 0 Å². The number of ether oxygens (including phenoxy) is 2. The Kier molecular flexibility index (Phi) is 16.0. The average molecular weight is 335 g/mol. The molecule has 5 nitrogen and oxygen atoms in total. The van der Waals surface area contributed by atoms with E-state index in [2.05, 4.69) is 11.7 Å². The maximum absolute atomic E-state index is 9.39. The molecule has 0 unspecified atom stereocenters. The van der Waals surface area contributed by atoms with Crippen molar-refractivity contribution in [1.29, 1.82) is 0 Å². The van der Waals surface area contributed by atoms with Gasteiger partial charge in [-0.15, -0.1) is 0 Å². The van der Waals surface area contributed by atoms with Gasteiger partial charge in [-0.3, -0.25) is 4.79 Å². The third-order valence-electron chi connectivity index (χ3n) is 2.65. The molecule has 0 heterocycles. The molecule has 3 N–H and O–H groups in total. The maximum atomic E-state index is 9.39. The van der Waals surface area contributed by atoms with Crippen LogP contribution in [0.2, 0.25) is 0 Å². The molecule has 0 aromatic carbocycles. The maximum Gasteiger partial charge on any atom is 0.295 e. The fraction of sp³-hybridized carbons (Fsp3) is 0.833. The molecule has 1 fully saturated rings. The van der Waals surface area contributed by atoms with Crippen LogP contribution in [0.3, 0.4) is 0 Å². The van der Waals surface area contributed by atoms with Crippen LogP contribution in [0.1, 0.15) is 39.0 Å². The number of aliphatic hydroxyl groups is 1. The summed E-state index contributed by atoms with van der Waals surface area (Å²) >= 11 is 0. The predicted octanol–water partition coefficient (Wildman–Crippen LogP) is 0.992. The van der Waals surface area contributed by atoms with Gasteiger partial charge in [0.1, 0.15) is 0 Å². The Bertz CT molecular complexity index is 193. The molecule has 18 heavy (non-hydrogen) atoms. The first-order valence-electron chi connectivity index (χ1n) is 6.09. The van der Waals surface area contributed by atoms with Crippen molar-refractivity contribution in [1.82, 2.24) is 0 Å². The summed E-state index contributed by atoms with van der Waals surface area (Å²) in [6.45, 7) is 6.14. The van der Waals surface area contributed by atoms with Crippen molar-refractivity contribution in [3.63, 3.8) is 0 Å². The molecular formula is C12H24NO4Y-. The number of hydrogen-bond donors (Lipinski definition) is 2. The number of nitrogens with two attached hydrogens (primary N) is 1. The van der Waals surface area contributed by atoms with E-state index in [1.807, 2.05) is 0 Å². The summed E-state index contributed by atoms with van der Waals surface area (Å²) in [5.41, 5.74) is 5.81. The monoisotopic (exact) mass is 335 g/mol. The minimum atomic E-state index is -0.919. The molecule has 0 aromatic heterocycles. The molecule has 1 aliphatic rings. The summed E-state index contributed by atoms with van der Waals surface area (Å²) in [6, 6.07) is 0.260. The minimum Gasteiger partial charge on any atom is -0.438 e. The fourth-order valence-corrected chi connectivity index (χ4v) is 1.64. The molecular weight excluding hydrogens is 311 g/mol. The second-order valence-electron chi connectivity index (χ2n) is 3.95. The third-order valence-corrected chi connectivity index (χ3v) is 2.65.